The van der Waals surface area contributed by atoms with Gasteiger partial charge >= 0.3 is 0 Å². The zero-order valence-corrected chi connectivity index (χ0v) is 11.8. The summed E-state index contributed by atoms with van der Waals surface area (Å²) in [6, 6.07) is 0. The molecule has 0 saturated carbocycles. The standard InChI is InChI=1S/C14H21N3/c1-8-9(2)11(4)13-12(10(8)3)15-16-17(13)14(5,6)7/h1-7H3. The number of aryl methyl sites for hydroxylation is 2. The van der Waals surface area contributed by atoms with Crippen molar-refractivity contribution in [3.8, 4) is 0 Å². The van der Waals surface area contributed by atoms with E-state index in [4.69, 9.17) is 0 Å². The molecule has 92 valence electrons. The van der Waals surface area contributed by atoms with Crippen LogP contribution in [0.15, 0.2) is 0 Å². The second-order valence-electron chi connectivity index (χ2n) is 5.87. The van der Waals surface area contributed by atoms with Gasteiger partial charge in [-0.2, -0.15) is 0 Å². The maximum Gasteiger partial charge on any atom is 0.116 e. The molecule has 2 aromatic rings. The van der Waals surface area contributed by atoms with E-state index in [1.54, 1.807) is 0 Å². The molecule has 0 aliphatic rings. The molecule has 1 heterocycles. The van der Waals surface area contributed by atoms with Crippen LogP contribution in [0.2, 0.25) is 0 Å². The fourth-order valence-corrected chi connectivity index (χ4v) is 2.26. The average Bonchev–Trinajstić information content (AvgIpc) is 2.67. The van der Waals surface area contributed by atoms with E-state index in [-0.39, 0.29) is 5.54 Å². The van der Waals surface area contributed by atoms with Gasteiger partial charge in [-0.1, -0.05) is 5.21 Å². The van der Waals surface area contributed by atoms with Crippen molar-refractivity contribution in [2.75, 3.05) is 0 Å². The summed E-state index contributed by atoms with van der Waals surface area (Å²) in [4.78, 5) is 0. The van der Waals surface area contributed by atoms with Gasteiger partial charge in [-0.3, -0.25) is 0 Å². The zero-order valence-electron chi connectivity index (χ0n) is 11.8. The molecule has 1 aromatic heterocycles. The molecule has 1 aromatic carbocycles. The first kappa shape index (κ1) is 12.1. The lowest BCUT2D eigenvalue weighted by Gasteiger charge is -2.21. The summed E-state index contributed by atoms with van der Waals surface area (Å²) in [5.41, 5.74) is 7.41. The van der Waals surface area contributed by atoms with Crippen LogP contribution in [0, 0.1) is 27.7 Å². The van der Waals surface area contributed by atoms with Crippen molar-refractivity contribution in [2.45, 2.75) is 54.0 Å². The van der Waals surface area contributed by atoms with Crippen LogP contribution in [0.5, 0.6) is 0 Å². The average molecular weight is 231 g/mol. The molecule has 2 rings (SSSR count). The Bertz CT molecular complexity index is 586. The Labute approximate surface area is 103 Å². The molecule has 0 amide bonds. The van der Waals surface area contributed by atoms with E-state index in [9.17, 15) is 0 Å². The highest BCUT2D eigenvalue weighted by Crippen LogP contribution is 2.30. The third-order valence-corrected chi connectivity index (χ3v) is 3.70. The monoisotopic (exact) mass is 231 g/mol. The summed E-state index contributed by atoms with van der Waals surface area (Å²) >= 11 is 0. The Morgan fingerprint density at radius 3 is 1.88 bits per heavy atom. The molecule has 17 heavy (non-hydrogen) atoms. The Kier molecular flexibility index (Phi) is 2.53. The molecular formula is C14H21N3. The molecule has 0 fully saturated rings. The largest absolute Gasteiger partial charge is 0.239 e. The van der Waals surface area contributed by atoms with Crippen molar-refractivity contribution < 1.29 is 0 Å². The van der Waals surface area contributed by atoms with Gasteiger partial charge in [-0.15, -0.1) is 5.10 Å². The van der Waals surface area contributed by atoms with Gasteiger partial charge in [-0.25, -0.2) is 4.68 Å². The smallest absolute Gasteiger partial charge is 0.116 e. The van der Waals surface area contributed by atoms with Crippen LogP contribution in [0.4, 0.5) is 0 Å². The van der Waals surface area contributed by atoms with Gasteiger partial charge in [0.1, 0.15) is 5.52 Å². The SMILES string of the molecule is Cc1c(C)c(C)c2c(nnn2C(C)(C)C)c1C. The molecule has 0 bridgehead atoms. The highest BCUT2D eigenvalue weighted by molar-refractivity contribution is 5.84. The van der Waals surface area contributed by atoms with Crippen molar-refractivity contribution in [1.82, 2.24) is 15.0 Å². The first-order valence-electron chi connectivity index (χ1n) is 6.07. The lowest BCUT2D eigenvalue weighted by Crippen LogP contribution is -2.23. The number of aromatic nitrogens is 3. The molecule has 0 atom stereocenters. The number of hydrogen-bond donors (Lipinski definition) is 0. The second kappa shape index (κ2) is 3.56. The molecule has 0 N–H and O–H groups in total. The molecule has 0 aliphatic heterocycles. The molecule has 0 radical (unpaired) electrons. The van der Waals surface area contributed by atoms with Gasteiger partial charge in [0.25, 0.3) is 0 Å². The number of nitrogens with zero attached hydrogens (tertiary/aromatic N) is 3. The Balaban J connectivity index is 2.96. The Morgan fingerprint density at radius 2 is 1.35 bits per heavy atom. The van der Waals surface area contributed by atoms with E-state index in [0.29, 0.717) is 0 Å². The highest BCUT2D eigenvalue weighted by atomic mass is 15.4. The van der Waals surface area contributed by atoms with Gasteiger partial charge < -0.3 is 0 Å². The predicted octanol–water partition coefficient (Wildman–Crippen LogP) is 3.42. The summed E-state index contributed by atoms with van der Waals surface area (Å²) in [6.07, 6.45) is 0. The van der Waals surface area contributed by atoms with Crippen LogP contribution >= 0.6 is 0 Å². The second-order valence-corrected chi connectivity index (χ2v) is 5.87. The van der Waals surface area contributed by atoms with Crippen molar-refractivity contribution in [1.29, 1.82) is 0 Å². The van der Waals surface area contributed by atoms with Crippen molar-refractivity contribution in [2.24, 2.45) is 0 Å². The topological polar surface area (TPSA) is 30.7 Å². The van der Waals surface area contributed by atoms with Crippen molar-refractivity contribution in [3.05, 3.63) is 22.3 Å². The van der Waals surface area contributed by atoms with Crippen LogP contribution in [-0.2, 0) is 5.54 Å². The molecule has 0 unspecified atom stereocenters. The van der Waals surface area contributed by atoms with E-state index < -0.39 is 0 Å². The number of fused-ring (bicyclic) bond motifs is 1. The van der Waals surface area contributed by atoms with Gasteiger partial charge in [0.2, 0.25) is 0 Å². The number of rotatable bonds is 0. The van der Waals surface area contributed by atoms with E-state index in [1.165, 1.54) is 27.8 Å². The van der Waals surface area contributed by atoms with Crippen LogP contribution in [0.1, 0.15) is 43.0 Å². The molecule has 0 aliphatic carbocycles. The molecule has 0 saturated heterocycles. The quantitative estimate of drug-likeness (QED) is 0.695. The van der Waals surface area contributed by atoms with Crippen LogP contribution in [0.3, 0.4) is 0 Å². The first-order chi connectivity index (χ1) is 7.75. The lowest BCUT2D eigenvalue weighted by molar-refractivity contribution is 0.358. The zero-order chi connectivity index (χ0) is 13.0. The van der Waals surface area contributed by atoms with Gasteiger partial charge in [0, 0.05) is 0 Å². The summed E-state index contributed by atoms with van der Waals surface area (Å²) in [5, 5.41) is 8.70. The van der Waals surface area contributed by atoms with Crippen LogP contribution < -0.4 is 0 Å². The lowest BCUT2D eigenvalue weighted by atomic mass is 9.96. The predicted molar refractivity (Wildman–Crippen MR) is 71.5 cm³/mol. The fourth-order valence-electron chi connectivity index (χ4n) is 2.26. The van der Waals surface area contributed by atoms with Crippen molar-refractivity contribution in [3.63, 3.8) is 0 Å². The maximum atomic E-state index is 4.36. The Morgan fingerprint density at radius 1 is 0.824 bits per heavy atom. The molecular weight excluding hydrogens is 210 g/mol. The van der Waals surface area contributed by atoms with Crippen LogP contribution in [0.25, 0.3) is 11.0 Å². The highest BCUT2D eigenvalue weighted by Gasteiger charge is 2.22. The third kappa shape index (κ3) is 1.65. The maximum absolute atomic E-state index is 4.36. The van der Waals surface area contributed by atoms with Gasteiger partial charge in [0.15, 0.2) is 0 Å². The van der Waals surface area contributed by atoms with Crippen molar-refractivity contribution >= 4 is 11.0 Å². The normalized spacial score (nSPS) is 12.4. The van der Waals surface area contributed by atoms with Crippen LogP contribution in [-0.4, -0.2) is 15.0 Å². The minimum absolute atomic E-state index is 0.0341. The Hall–Kier alpha value is -1.38. The third-order valence-electron chi connectivity index (χ3n) is 3.70. The van der Waals surface area contributed by atoms with E-state index in [1.807, 2.05) is 4.68 Å². The fraction of sp³-hybridized carbons (Fsp3) is 0.571. The minimum atomic E-state index is -0.0341. The van der Waals surface area contributed by atoms with Gasteiger partial charge in [0.05, 0.1) is 11.1 Å². The minimum Gasteiger partial charge on any atom is -0.239 e. The van der Waals surface area contributed by atoms with E-state index >= 15 is 0 Å². The molecule has 0 spiro atoms. The molecule has 3 heteroatoms. The summed E-state index contributed by atoms with van der Waals surface area (Å²) in [6.45, 7) is 15.1. The number of benzene rings is 1. The summed E-state index contributed by atoms with van der Waals surface area (Å²) in [5.74, 6) is 0. The molecule has 3 nitrogen and oxygen atoms in total. The van der Waals surface area contributed by atoms with E-state index in [0.717, 1.165) is 5.52 Å². The summed E-state index contributed by atoms with van der Waals surface area (Å²) in [7, 11) is 0. The van der Waals surface area contributed by atoms with E-state index in [2.05, 4.69) is 58.8 Å². The summed E-state index contributed by atoms with van der Waals surface area (Å²) < 4.78 is 2.04. The first-order valence-corrected chi connectivity index (χ1v) is 6.07. The van der Waals surface area contributed by atoms with Gasteiger partial charge in [-0.05, 0) is 70.7 Å². The number of hydrogen-bond acceptors (Lipinski definition) is 2.